The number of aromatic nitrogens is 4. The van der Waals surface area contributed by atoms with Gasteiger partial charge in [-0.1, -0.05) is 17.7 Å². The molecule has 0 aliphatic heterocycles. The molecule has 0 amide bonds. The summed E-state index contributed by atoms with van der Waals surface area (Å²) >= 11 is 5.91. The van der Waals surface area contributed by atoms with E-state index in [1.807, 2.05) is 10.6 Å². The second-order valence-electron chi connectivity index (χ2n) is 3.41. The van der Waals surface area contributed by atoms with Gasteiger partial charge >= 0.3 is 0 Å². The molecular formula is C10H12ClN5. The minimum atomic E-state index is 0.169. The third kappa shape index (κ3) is 1.99. The predicted octanol–water partition coefficient (Wildman–Crippen LogP) is 2.03. The number of halogens is 1. The summed E-state index contributed by atoms with van der Waals surface area (Å²) in [4.78, 5) is 12.1. The van der Waals surface area contributed by atoms with Crippen molar-refractivity contribution in [3.05, 3.63) is 24.1 Å². The summed E-state index contributed by atoms with van der Waals surface area (Å²) in [7, 11) is 0. The smallest absolute Gasteiger partial charge is 0.223 e. The lowest BCUT2D eigenvalue weighted by molar-refractivity contribution is 0.661. The van der Waals surface area contributed by atoms with Crippen molar-refractivity contribution in [2.24, 2.45) is 0 Å². The largest absolute Gasteiger partial charge is 0.368 e. The van der Waals surface area contributed by atoms with Crippen LogP contribution in [-0.2, 0) is 6.54 Å². The monoisotopic (exact) mass is 237 g/mol. The van der Waals surface area contributed by atoms with E-state index in [1.165, 1.54) is 0 Å². The third-order valence-corrected chi connectivity index (χ3v) is 2.51. The Bertz CT molecular complexity index is 519. The van der Waals surface area contributed by atoms with Gasteiger partial charge in [-0.05, 0) is 12.8 Å². The Balaban J connectivity index is 2.36. The first kappa shape index (κ1) is 10.9. The average Bonchev–Trinajstić information content (AvgIpc) is 2.62. The zero-order chi connectivity index (χ0) is 11.5. The fraction of sp³-hybridized carbons (Fsp3) is 0.300. The highest BCUT2D eigenvalue weighted by molar-refractivity contribution is 6.33. The van der Waals surface area contributed by atoms with Crippen molar-refractivity contribution in [3.8, 4) is 0 Å². The van der Waals surface area contributed by atoms with Crippen LogP contribution >= 0.6 is 11.6 Å². The molecule has 0 fully saturated rings. The van der Waals surface area contributed by atoms with Gasteiger partial charge in [-0.15, -0.1) is 6.58 Å². The highest BCUT2D eigenvalue weighted by atomic mass is 35.5. The second kappa shape index (κ2) is 4.49. The maximum atomic E-state index is 5.91. The molecular weight excluding hydrogens is 226 g/mol. The van der Waals surface area contributed by atoms with Crippen LogP contribution in [0.15, 0.2) is 19.0 Å². The third-order valence-electron chi connectivity index (χ3n) is 2.25. The molecule has 0 bridgehead atoms. The van der Waals surface area contributed by atoms with Crippen LogP contribution in [0.25, 0.3) is 11.2 Å². The Labute approximate surface area is 98.0 Å². The van der Waals surface area contributed by atoms with E-state index < -0.39 is 0 Å². The molecule has 2 aromatic heterocycles. The number of fused-ring (bicyclic) bond motifs is 1. The lowest BCUT2D eigenvalue weighted by Gasteiger charge is -2.02. The highest BCUT2D eigenvalue weighted by Gasteiger charge is 2.09. The Morgan fingerprint density at radius 2 is 2.31 bits per heavy atom. The molecule has 2 N–H and O–H groups in total. The normalized spacial score (nSPS) is 10.8. The maximum absolute atomic E-state index is 5.91. The number of nitrogen functional groups attached to an aromatic ring is 1. The molecule has 0 saturated carbocycles. The summed E-state index contributed by atoms with van der Waals surface area (Å²) in [5, 5.41) is 0.296. The Kier molecular flexibility index (Phi) is 3.05. The summed E-state index contributed by atoms with van der Waals surface area (Å²) in [6.07, 6.45) is 5.52. The molecule has 0 aliphatic rings. The molecule has 0 aromatic carbocycles. The van der Waals surface area contributed by atoms with Crippen LogP contribution in [0, 0.1) is 0 Å². The number of nitrogens with two attached hydrogens (primary N) is 1. The van der Waals surface area contributed by atoms with Gasteiger partial charge in [0.2, 0.25) is 5.95 Å². The van der Waals surface area contributed by atoms with Crippen molar-refractivity contribution in [1.29, 1.82) is 0 Å². The fourth-order valence-corrected chi connectivity index (χ4v) is 1.72. The average molecular weight is 238 g/mol. The standard InChI is InChI=1S/C10H12ClN5/c1-2-3-4-5-16-6-13-7-8(11)14-10(12)15-9(7)16/h2,6H,1,3-5H2,(H2,12,14,15). The minimum Gasteiger partial charge on any atom is -0.368 e. The number of unbranched alkanes of at least 4 members (excludes halogenated alkanes) is 1. The van der Waals surface area contributed by atoms with Gasteiger partial charge in [0.15, 0.2) is 10.8 Å². The summed E-state index contributed by atoms with van der Waals surface area (Å²) < 4.78 is 1.92. The van der Waals surface area contributed by atoms with Gasteiger partial charge in [-0.25, -0.2) is 4.98 Å². The van der Waals surface area contributed by atoms with Gasteiger partial charge < -0.3 is 10.3 Å². The molecule has 84 valence electrons. The zero-order valence-electron chi connectivity index (χ0n) is 8.73. The van der Waals surface area contributed by atoms with E-state index in [2.05, 4.69) is 21.5 Å². The molecule has 0 saturated heterocycles. The summed E-state index contributed by atoms with van der Waals surface area (Å²) in [6, 6.07) is 0. The van der Waals surface area contributed by atoms with E-state index in [0.717, 1.165) is 19.4 Å². The Morgan fingerprint density at radius 1 is 1.50 bits per heavy atom. The van der Waals surface area contributed by atoms with Gasteiger partial charge in [0, 0.05) is 6.54 Å². The van der Waals surface area contributed by atoms with Gasteiger partial charge in [0.05, 0.1) is 6.33 Å². The summed E-state index contributed by atoms with van der Waals surface area (Å²) in [5.41, 5.74) is 6.82. The van der Waals surface area contributed by atoms with E-state index >= 15 is 0 Å². The molecule has 2 heterocycles. The number of imidazole rings is 1. The van der Waals surface area contributed by atoms with Crippen molar-refractivity contribution < 1.29 is 0 Å². The molecule has 0 spiro atoms. The van der Waals surface area contributed by atoms with Crippen LogP contribution in [0.2, 0.25) is 5.15 Å². The van der Waals surface area contributed by atoms with Gasteiger partial charge in [0.25, 0.3) is 0 Å². The van der Waals surface area contributed by atoms with Crippen molar-refractivity contribution in [2.45, 2.75) is 19.4 Å². The maximum Gasteiger partial charge on any atom is 0.223 e. The lowest BCUT2D eigenvalue weighted by Crippen LogP contribution is -2.01. The van der Waals surface area contributed by atoms with Crippen LogP contribution in [0.5, 0.6) is 0 Å². The van der Waals surface area contributed by atoms with E-state index in [0.29, 0.717) is 16.3 Å². The second-order valence-corrected chi connectivity index (χ2v) is 3.77. The number of nitrogens with zero attached hydrogens (tertiary/aromatic N) is 4. The van der Waals surface area contributed by atoms with Gasteiger partial charge in [-0.3, -0.25) is 0 Å². The first-order valence-electron chi connectivity index (χ1n) is 4.97. The SMILES string of the molecule is C=CCCCn1cnc2c(Cl)nc(N)nc21. The number of hydrogen-bond acceptors (Lipinski definition) is 4. The number of anilines is 1. The van der Waals surface area contributed by atoms with Crippen LogP contribution in [0.1, 0.15) is 12.8 Å². The minimum absolute atomic E-state index is 0.169. The molecule has 16 heavy (non-hydrogen) atoms. The highest BCUT2D eigenvalue weighted by Crippen LogP contribution is 2.19. The molecule has 2 aromatic rings. The summed E-state index contributed by atoms with van der Waals surface area (Å²) in [6.45, 7) is 4.49. The van der Waals surface area contributed by atoms with Crippen molar-refractivity contribution >= 4 is 28.7 Å². The topological polar surface area (TPSA) is 69.6 Å². The molecule has 5 nitrogen and oxygen atoms in total. The molecule has 6 heteroatoms. The molecule has 0 unspecified atom stereocenters. The van der Waals surface area contributed by atoms with Crippen molar-refractivity contribution in [1.82, 2.24) is 19.5 Å². The lowest BCUT2D eigenvalue weighted by atomic mass is 10.3. The fourth-order valence-electron chi connectivity index (χ4n) is 1.50. The van der Waals surface area contributed by atoms with E-state index in [1.54, 1.807) is 6.33 Å². The Morgan fingerprint density at radius 3 is 3.06 bits per heavy atom. The van der Waals surface area contributed by atoms with Crippen LogP contribution < -0.4 is 5.73 Å². The Hall–Kier alpha value is -1.62. The van der Waals surface area contributed by atoms with Crippen LogP contribution in [0.4, 0.5) is 5.95 Å². The van der Waals surface area contributed by atoms with Crippen molar-refractivity contribution in [3.63, 3.8) is 0 Å². The van der Waals surface area contributed by atoms with Crippen LogP contribution in [-0.4, -0.2) is 19.5 Å². The summed E-state index contributed by atoms with van der Waals surface area (Å²) in [5.74, 6) is 0.169. The molecule has 2 rings (SSSR count). The number of aryl methyl sites for hydroxylation is 1. The van der Waals surface area contributed by atoms with E-state index in [9.17, 15) is 0 Å². The number of rotatable bonds is 4. The van der Waals surface area contributed by atoms with Crippen LogP contribution in [0.3, 0.4) is 0 Å². The molecule has 0 aliphatic carbocycles. The number of allylic oxidation sites excluding steroid dienone is 1. The predicted molar refractivity (Wildman–Crippen MR) is 64.2 cm³/mol. The quantitative estimate of drug-likeness (QED) is 0.502. The first-order chi connectivity index (χ1) is 7.72. The molecule has 0 atom stereocenters. The zero-order valence-corrected chi connectivity index (χ0v) is 9.48. The van der Waals surface area contributed by atoms with E-state index in [4.69, 9.17) is 17.3 Å². The van der Waals surface area contributed by atoms with Gasteiger partial charge in [0.1, 0.15) is 5.52 Å². The first-order valence-corrected chi connectivity index (χ1v) is 5.35. The van der Waals surface area contributed by atoms with Gasteiger partial charge in [-0.2, -0.15) is 9.97 Å². The molecule has 0 radical (unpaired) electrons. The van der Waals surface area contributed by atoms with E-state index in [-0.39, 0.29) is 5.95 Å². The van der Waals surface area contributed by atoms with Crippen molar-refractivity contribution in [2.75, 3.05) is 5.73 Å². The number of hydrogen-bond donors (Lipinski definition) is 1.